The van der Waals surface area contributed by atoms with Gasteiger partial charge in [0, 0.05) is 4.88 Å². The number of amides is 1. The summed E-state index contributed by atoms with van der Waals surface area (Å²) in [4.78, 5) is 12.6. The van der Waals surface area contributed by atoms with E-state index in [9.17, 15) is 4.79 Å². The second-order valence-corrected chi connectivity index (χ2v) is 6.37. The second kappa shape index (κ2) is 7.80. The number of nitrogens with zero attached hydrogens (tertiary/aromatic N) is 1. The van der Waals surface area contributed by atoms with Crippen molar-refractivity contribution in [3.8, 4) is 11.5 Å². The van der Waals surface area contributed by atoms with E-state index in [0.717, 1.165) is 8.66 Å². The summed E-state index contributed by atoms with van der Waals surface area (Å²) in [6.07, 6.45) is 1.58. The molecule has 7 heteroatoms. The fraction of sp³-hybridized carbons (Fsp3) is 0.143. The van der Waals surface area contributed by atoms with Crippen LogP contribution in [0.15, 0.2) is 45.3 Å². The van der Waals surface area contributed by atoms with Crippen molar-refractivity contribution in [2.24, 2.45) is 5.10 Å². The molecule has 1 heterocycles. The number of hydrazone groups is 1. The van der Waals surface area contributed by atoms with Gasteiger partial charge in [0.1, 0.15) is 0 Å². The third-order valence-corrected chi connectivity index (χ3v) is 3.96. The molecule has 0 radical (unpaired) electrons. The maximum absolute atomic E-state index is 11.6. The molecule has 5 nitrogen and oxygen atoms in total. The molecule has 0 atom stereocenters. The minimum atomic E-state index is -0.340. The fourth-order valence-corrected chi connectivity index (χ4v) is 2.77. The molecule has 0 spiro atoms. The number of hydrogen-bond donors (Lipinski definition) is 1. The van der Waals surface area contributed by atoms with Crippen LogP contribution in [0.4, 0.5) is 0 Å². The van der Waals surface area contributed by atoms with Crippen molar-refractivity contribution in [3.63, 3.8) is 0 Å². The van der Waals surface area contributed by atoms with Gasteiger partial charge in [-0.25, -0.2) is 5.43 Å². The van der Waals surface area contributed by atoms with Crippen LogP contribution in [0.2, 0.25) is 0 Å². The minimum absolute atomic E-state index is 0.133. The molecule has 0 fully saturated rings. The lowest BCUT2D eigenvalue weighted by atomic mass is 10.3. The van der Waals surface area contributed by atoms with Crippen LogP contribution in [0, 0.1) is 0 Å². The SMILES string of the molecule is COc1ccccc1OCC(=O)N/N=C\c1ccc(Br)s1. The van der Waals surface area contributed by atoms with Gasteiger partial charge in [-0.3, -0.25) is 4.79 Å². The zero-order valence-electron chi connectivity index (χ0n) is 11.2. The van der Waals surface area contributed by atoms with Crippen LogP contribution in [0.1, 0.15) is 4.88 Å². The largest absolute Gasteiger partial charge is 0.493 e. The van der Waals surface area contributed by atoms with Gasteiger partial charge in [0.15, 0.2) is 18.1 Å². The van der Waals surface area contributed by atoms with E-state index in [-0.39, 0.29) is 12.5 Å². The Morgan fingerprint density at radius 1 is 1.33 bits per heavy atom. The molecule has 110 valence electrons. The molecule has 0 bridgehead atoms. The van der Waals surface area contributed by atoms with Crippen LogP contribution in [-0.2, 0) is 4.79 Å². The van der Waals surface area contributed by atoms with Crippen molar-refractivity contribution in [1.82, 2.24) is 5.43 Å². The molecule has 2 rings (SSSR count). The average Bonchev–Trinajstić information content (AvgIpc) is 2.91. The van der Waals surface area contributed by atoms with E-state index in [0.29, 0.717) is 11.5 Å². The highest BCUT2D eigenvalue weighted by molar-refractivity contribution is 9.11. The summed E-state index contributed by atoms with van der Waals surface area (Å²) in [5.41, 5.74) is 2.40. The summed E-state index contributed by atoms with van der Waals surface area (Å²) in [5, 5.41) is 3.86. The summed E-state index contributed by atoms with van der Waals surface area (Å²) < 4.78 is 11.5. The highest BCUT2D eigenvalue weighted by Crippen LogP contribution is 2.25. The zero-order chi connectivity index (χ0) is 15.1. The fourth-order valence-electron chi connectivity index (χ4n) is 1.48. The number of nitrogens with one attached hydrogen (secondary N) is 1. The predicted molar refractivity (Wildman–Crippen MR) is 86.2 cm³/mol. The van der Waals surface area contributed by atoms with E-state index < -0.39 is 0 Å². The third kappa shape index (κ3) is 4.87. The first-order valence-electron chi connectivity index (χ1n) is 6.02. The van der Waals surface area contributed by atoms with Crippen LogP contribution in [0.5, 0.6) is 11.5 Å². The Hall–Kier alpha value is -1.86. The van der Waals surface area contributed by atoms with Gasteiger partial charge in [-0.1, -0.05) is 12.1 Å². The number of thiophene rings is 1. The Kier molecular flexibility index (Phi) is 5.77. The number of carbonyl (C=O) groups is 1. The van der Waals surface area contributed by atoms with Gasteiger partial charge in [-0.2, -0.15) is 5.10 Å². The smallest absolute Gasteiger partial charge is 0.277 e. The van der Waals surface area contributed by atoms with Gasteiger partial charge in [0.05, 0.1) is 17.1 Å². The molecule has 1 aromatic heterocycles. The number of halogens is 1. The average molecular weight is 369 g/mol. The summed E-state index contributed by atoms with van der Waals surface area (Å²) in [6.45, 7) is -0.133. The first-order valence-corrected chi connectivity index (χ1v) is 7.63. The normalized spacial score (nSPS) is 10.6. The van der Waals surface area contributed by atoms with Crippen molar-refractivity contribution in [1.29, 1.82) is 0 Å². The van der Waals surface area contributed by atoms with Crippen molar-refractivity contribution in [3.05, 3.63) is 45.1 Å². The van der Waals surface area contributed by atoms with Gasteiger partial charge in [0.2, 0.25) is 0 Å². The Labute approximate surface area is 134 Å². The van der Waals surface area contributed by atoms with E-state index >= 15 is 0 Å². The molecule has 0 saturated heterocycles. The van der Waals surface area contributed by atoms with Crippen LogP contribution in [-0.4, -0.2) is 25.8 Å². The zero-order valence-corrected chi connectivity index (χ0v) is 13.6. The monoisotopic (exact) mass is 368 g/mol. The Morgan fingerprint density at radius 3 is 2.76 bits per heavy atom. The van der Waals surface area contributed by atoms with E-state index in [1.165, 1.54) is 11.3 Å². The number of ether oxygens (including phenoxy) is 2. The maximum Gasteiger partial charge on any atom is 0.277 e. The predicted octanol–water partition coefficient (Wildman–Crippen LogP) is 3.05. The third-order valence-electron chi connectivity index (χ3n) is 2.40. The molecule has 2 aromatic rings. The van der Waals surface area contributed by atoms with Crippen LogP contribution in [0.3, 0.4) is 0 Å². The van der Waals surface area contributed by atoms with Gasteiger partial charge >= 0.3 is 0 Å². The number of rotatable bonds is 6. The molecule has 1 N–H and O–H groups in total. The summed E-state index contributed by atoms with van der Waals surface area (Å²) >= 11 is 4.88. The number of hydrogen-bond acceptors (Lipinski definition) is 5. The Morgan fingerprint density at radius 2 is 2.10 bits per heavy atom. The molecule has 0 aliphatic heterocycles. The Bertz CT molecular complexity index is 643. The number of methoxy groups -OCH3 is 1. The summed E-state index contributed by atoms with van der Waals surface area (Å²) in [6, 6.07) is 10.9. The maximum atomic E-state index is 11.6. The quantitative estimate of drug-likeness (QED) is 0.629. The molecular formula is C14H13BrN2O3S. The number of carbonyl (C=O) groups excluding carboxylic acids is 1. The lowest BCUT2D eigenvalue weighted by Crippen LogP contribution is -2.24. The van der Waals surface area contributed by atoms with Crippen molar-refractivity contribution in [2.45, 2.75) is 0 Å². The molecule has 0 aliphatic carbocycles. The standard InChI is InChI=1S/C14H13BrN2O3S/c1-19-11-4-2-3-5-12(11)20-9-14(18)17-16-8-10-6-7-13(15)21-10/h2-8H,9H2,1H3,(H,17,18)/b16-8-. The molecule has 0 saturated carbocycles. The lowest BCUT2D eigenvalue weighted by molar-refractivity contribution is -0.123. The lowest BCUT2D eigenvalue weighted by Gasteiger charge is -2.08. The summed E-state index contributed by atoms with van der Waals surface area (Å²) in [7, 11) is 1.55. The molecule has 0 aliphatic rings. The van der Waals surface area contributed by atoms with Crippen molar-refractivity contribution in [2.75, 3.05) is 13.7 Å². The molecular weight excluding hydrogens is 356 g/mol. The van der Waals surface area contributed by atoms with E-state index in [4.69, 9.17) is 9.47 Å². The number of benzene rings is 1. The topological polar surface area (TPSA) is 59.9 Å². The second-order valence-electron chi connectivity index (χ2n) is 3.87. The molecule has 0 unspecified atom stereocenters. The van der Waals surface area contributed by atoms with E-state index in [1.807, 2.05) is 24.3 Å². The molecule has 1 amide bonds. The highest BCUT2D eigenvalue weighted by atomic mass is 79.9. The van der Waals surface area contributed by atoms with E-state index in [1.54, 1.807) is 25.5 Å². The van der Waals surface area contributed by atoms with Crippen LogP contribution < -0.4 is 14.9 Å². The van der Waals surface area contributed by atoms with Gasteiger partial charge in [-0.15, -0.1) is 11.3 Å². The molecule has 21 heavy (non-hydrogen) atoms. The first-order chi connectivity index (χ1) is 10.2. The van der Waals surface area contributed by atoms with Gasteiger partial charge < -0.3 is 9.47 Å². The highest BCUT2D eigenvalue weighted by Gasteiger charge is 2.05. The first kappa shape index (κ1) is 15.5. The van der Waals surface area contributed by atoms with E-state index in [2.05, 4.69) is 26.5 Å². The van der Waals surface area contributed by atoms with Crippen LogP contribution >= 0.6 is 27.3 Å². The van der Waals surface area contributed by atoms with Crippen molar-refractivity contribution < 1.29 is 14.3 Å². The van der Waals surface area contributed by atoms with Crippen molar-refractivity contribution >= 4 is 39.4 Å². The number of para-hydroxylation sites is 2. The minimum Gasteiger partial charge on any atom is -0.493 e. The van der Waals surface area contributed by atoms with Gasteiger partial charge in [0.25, 0.3) is 5.91 Å². The van der Waals surface area contributed by atoms with Crippen LogP contribution in [0.25, 0.3) is 0 Å². The molecule has 1 aromatic carbocycles. The Balaban J connectivity index is 1.81. The van der Waals surface area contributed by atoms with Gasteiger partial charge in [-0.05, 0) is 40.2 Å². The summed E-state index contributed by atoms with van der Waals surface area (Å²) in [5.74, 6) is 0.756.